The van der Waals surface area contributed by atoms with Crippen molar-refractivity contribution in [3.05, 3.63) is 29.8 Å². The van der Waals surface area contributed by atoms with Crippen LogP contribution in [0.4, 0.5) is 0 Å². The van der Waals surface area contributed by atoms with Crippen molar-refractivity contribution in [2.45, 2.75) is 37.1 Å². The fourth-order valence-corrected chi connectivity index (χ4v) is 3.18. The van der Waals surface area contributed by atoms with Crippen LogP contribution in [0, 0.1) is 5.92 Å². The molecule has 2 rings (SSSR count). The second-order valence-corrected chi connectivity index (χ2v) is 8.32. The van der Waals surface area contributed by atoms with E-state index in [4.69, 9.17) is 0 Å². The minimum atomic E-state index is -3.69. The second kappa shape index (κ2) is 6.52. The van der Waals surface area contributed by atoms with E-state index in [1.54, 1.807) is 0 Å². The summed E-state index contributed by atoms with van der Waals surface area (Å²) in [6.45, 7) is 3.21. The van der Waals surface area contributed by atoms with Crippen molar-refractivity contribution in [3.8, 4) is 0 Å². The smallest absolute Gasteiger partial charge is 0.329 e. The number of rotatable bonds is 7. The Hall–Kier alpha value is -1.93. The molecule has 0 atom stereocenters. The van der Waals surface area contributed by atoms with Crippen molar-refractivity contribution < 1.29 is 23.1 Å². The molecule has 1 aromatic carbocycles. The van der Waals surface area contributed by atoms with Gasteiger partial charge in [0.15, 0.2) is 0 Å². The summed E-state index contributed by atoms with van der Waals surface area (Å²) >= 11 is 0. The first-order chi connectivity index (χ1) is 11.1. The third kappa shape index (κ3) is 3.93. The maximum absolute atomic E-state index is 12.5. The number of hydrogen-bond donors (Lipinski definition) is 2. The first-order valence-electron chi connectivity index (χ1n) is 7.67. The minimum Gasteiger partial charge on any atom is -0.480 e. The zero-order valence-electron chi connectivity index (χ0n) is 13.9. The van der Waals surface area contributed by atoms with Gasteiger partial charge in [0.1, 0.15) is 5.54 Å². The standard InChI is InChI=1S/C16H22N2O5S/c1-16(2,15(20)21)18(3)14(19)12-5-4-6-13(9-12)24(22,23)17-10-11-7-8-11/h4-6,9,11,17H,7-8,10H2,1-3H3,(H,20,21). The minimum absolute atomic E-state index is 0.00414. The SMILES string of the molecule is CN(C(=O)c1cccc(S(=O)(=O)NCC2CC2)c1)C(C)(C)C(=O)O. The van der Waals surface area contributed by atoms with E-state index in [-0.39, 0.29) is 10.5 Å². The van der Waals surface area contributed by atoms with E-state index in [1.165, 1.54) is 45.2 Å². The normalized spacial score (nSPS) is 15.1. The Morgan fingerprint density at radius 1 is 1.33 bits per heavy atom. The summed E-state index contributed by atoms with van der Waals surface area (Å²) < 4.78 is 27.1. The van der Waals surface area contributed by atoms with Crippen LogP contribution in [0.5, 0.6) is 0 Å². The van der Waals surface area contributed by atoms with Crippen molar-refractivity contribution in [1.82, 2.24) is 9.62 Å². The second-order valence-electron chi connectivity index (χ2n) is 6.55. The molecule has 1 aromatic rings. The number of carbonyl (C=O) groups is 2. The zero-order valence-corrected chi connectivity index (χ0v) is 14.8. The number of carboxylic acid groups (broad SMARTS) is 1. The van der Waals surface area contributed by atoms with Crippen molar-refractivity contribution in [3.63, 3.8) is 0 Å². The molecular weight excluding hydrogens is 332 g/mol. The van der Waals surface area contributed by atoms with Crippen LogP contribution in [-0.2, 0) is 14.8 Å². The maximum atomic E-state index is 12.5. The number of benzene rings is 1. The lowest BCUT2D eigenvalue weighted by atomic mass is 10.0. The molecule has 0 unspecified atom stereocenters. The highest BCUT2D eigenvalue weighted by Crippen LogP contribution is 2.28. The molecule has 0 aliphatic heterocycles. The number of likely N-dealkylation sites (N-methyl/N-ethyl adjacent to an activating group) is 1. The van der Waals surface area contributed by atoms with E-state index in [0.717, 1.165) is 17.7 Å². The van der Waals surface area contributed by atoms with Gasteiger partial charge < -0.3 is 10.0 Å². The number of carbonyl (C=O) groups excluding carboxylic acids is 1. The number of nitrogens with one attached hydrogen (secondary N) is 1. The van der Waals surface area contributed by atoms with Crippen LogP contribution < -0.4 is 4.72 Å². The molecule has 1 amide bonds. The van der Waals surface area contributed by atoms with Crippen molar-refractivity contribution in [2.24, 2.45) is 5.92 Å². The van der Waals surface area contributed by atoms with Crippen molar-refractivity contribution >= 4 is 21.9 Å². The van der Waals surface area contributed by atoms with Gasteiger partial charge >= 0.3 is 5.97 Å². The Morgan fingerprint density at radius 3 is 2.50 bits per heavy atom. The van der Waals surface area contributed by atoms with Gasteiger partial charge in [0, 0.05) is 19.2 Å². The fraction of sp³-hybridized carbons (Fsp3) is 0.500. The molecule has 1 aliphatic rings. The quantitative estimate of drug-likeness (QED) is 0.768. The Balaban J connectivity index is 2.23. The number of aliphatic carboxylic acids is 1. The van der Waals surface area contributed by atoms with Gasteiger partial charge in [-0.1, -0.05) is 6.07 Å². The van der Waals surface area contributed by atoms with E-state index in [2.05, 4.69) is 4.72 Å². The highest BCUT2D eigenvalue weighted by molar-refractivity contribution is 7.89. The Bertz CT molecular complexity index is 753. The molecule has 1 fully saturated rings. The first kappa shape index (κ1) is 18.4. The summed E-state index contributed by atoms with van der Waals surface area (Å²) in [6, 6.07) is 5.62. The number of sulfonamides is 1. The molecule has 132 valence electrons. The van der Waals surface area contributed by atoms with E-state index in [0.29, 0.717) is 12.5 Å². The molecular formula is C16H22N2O5S. The van der Waals surface area contributed by atoms with Gasteiger partial charge in [0.2, 0.25) is 10.0 Å². The highest BCUT2D eigenvalue weighted by atomic mass is 32.2. The molecule has 0 bridgehead atoms. The van der Waals surface area contributed by atoms with Crippen LogP contribution in [0.1, 0.15) is 37.0 Å². The van der Waals surface area contributed by atoms with Gasteiger partial charge in [0.05, 0.1) is 4.90 Å². The van der Waals surface area contributed by atoms with Crippen molar-refractivity contribution in [2.75, 3.05) is 13.6 Å². The molecule has 0 saturated heterocycles. The van der Waals surface area contributed by atoms with Crippen LogP contribution in [0.2, 0.25) is 0 Å². The monoisotopic (exact) mass is 354 g/mol. The number of amides is 1. The third-order valence-corrected chi connectivity index (χ3v) is 5.74. The molecule has 0 aromatic heterocycles. The predicted molar refractivity (Wildman–Crippen MR) is 88.2 cm³/mol. The van der Waals surface area contributed by atoms with E-state index in [9.17, 15) is 23.1 Å². The van der Waals surface area contributed by atoms with Gasteiger partial charge in [-0.25, -0.2) is 17.9 Å². The van der Waals surface area contributed by atoms with E-state index >= 15 is 0 Å². The lowest BCUT2D eigenvalue weighted by Gasteiger charge is -2.31. The zero-order chi connectivity index (χ0) is 18.1. The van der Waals surface area contributed by atoms with Gasteiger partial charge in [-0.2, -0.15) is 0 Å². The van der Waals surface area contributed by atoms with Crippen LogP contribution >= 0.6 is 0 Å². The molecule has 1 saturated carbocycles. The molecule has 0 spiro atoms. The lowest BCUT2D eigenvalue weighted by Crippen LogP contribution is -2.50. The lowest BCUT2D eigenvalue weighted by molar-refractivity contribution is -0.147. The van der Waals surface area contributed by atoms with Gasteiger partial charge in [-0.15, -0.1) is 0 Å². The van der Waals surface area contributed by atoms with E-state index < -0.39 is 27.4 Å². The Morgan fingerprint density at radius 2 is 1.96 bits per heavy atom. The first-order valence-corrected chi connectivity index (χ1v) is 9.15. The van der Waals surface area contributed by atoms with Crippen LogP contribution in [0.3, 0.4) is 0 Å². The molecule has 0 heterocycles. The highest BCUT2D eigenvalue weighted by Gasteiger charge is 2.35. The molecule has 24 heavy (non-hydrogen) atoms. The fourth-order valence-electron chi connectivity index (χ4n) is 2.02. The molecule has 8 heteroatoms. The van der Waals surface area contributed by atoms with Crippen LogP contribution in [-0.4, -0.2) is 49.4 Å². The number of carboxylic acids is 1. The number of hydrogen-bond acceptors (Lipinski definition) is 4. The van der Waals surface area contributed by atoms with Crippen LogP contribution in [0.25, 0.3) is 0 Å². The summed E-state index contributed by atoms with van der Waals surface area (Å²) in [5.74, 6) is -1.30. The van der Waals surface area contributed by atoms with Gasteiger partial charge in [0.25, 0.3) is 5.91 Å². The van der Waals surface area contributed by atoms with Crippen LogP contribution in [0.15, 0.2) is 29.2 Å². The van der Waals surface area contributed by atoms with Crippen molar-refractivity contribution in [1.29, 1.82) is 0 Å². The largest absolute Gasteiger partial charge is 0.480 e. The molecule has 1 aliphatic carbocycles. The third-order valence-electron chi connectivity index (χ3n) is 4.32. The summed E-state index contributed by atoms with van der Waals surface area (Å²) in [5, 5.41) is 9.22. The Labute approximate surface area is 141 Å². The summed E-state index contributed by atoms with van der Waals surface area (Å²) in [7, 11) is -2.31. The van der Waals surface area contributed by atoms with E-state index in [1.807, 2.05) is 0 Å². The summed E-state index contributed by atoms with van der Waals surface area (Å²) in [4.78, 5) is 24.9. The average molecular weight is 354 g/mol. The number of nitrogens with zero attached hydrogens (tertiary/aromatic N) is 1. The summed E-state index contributed by atoms with van der Waals surface area (Å²) in [6.07, 6.45) is 2.05. The maximum Gasteiger partial charge on any atom is 0.329 e. The average Bonchev–Trinajstić information content (AvgIpc) is 3.36. The predicted octanol–water partition coefficient (Wildman–Crippen LogP) is 1.31. The topological polar surface area (TPSA) is 104 Å². The molecule has 0 radical (unpaired) electrons. The van der Waals surface area contributed by atoms with Gasteiger partial charge in [-0.05, 0) is 50.8 Å². The molecule has 2 N–H and O–H groups in total. The Kier molecular flexibility index (Phi) is 5.00. The summed E-state index contributed by atoms with van der Waals surface area (Å²) in [5.41, 5.74) is -1.28. The van der Waals surface area contributed by atoms with Gasteiger partial charge in [-0.3, -0.25) is 4.79 Å². The molecule has 7 nitrogen and oxygen atoms in total.